The fourth-order valence-corrected chi connectivity index (χ4v) is 12.4. The molecule has 0 fully saturated rings. The lowest BCUT2D eigenvalue weighted by Gasteiger charge is -2.07. The number of primary amides is 4. The van der Waals surface area contributed by atoms with Gasteiger partial charge in [0, 0.05) is 91.4 Å². The van der Waals surface area contributed by atoms with Gasteiger partial charge in [0.05, 0.1) is 115 Å². The Bertz CT molecular complexity index is 5010. The number of fused-ring (bicyclic) bond motifs is 12. The van der Waals surface area contributed by atoms with E-state index >= 15 is 0 Å². The Balaban J connectivity index is 0.000000129. The first kappa shape index (κ1) is 60.8. The van der Waals surface area contributed by atoms with Crippen molar-refractivity contribution in [2.45, 2.75) is 33.4 Å². The molecule has 0 saturated heterocycles. The van der Waals surface area contributed by atoms with Crippen LogP contribution in [0.5, 0.6) is 0 Å². The molecule has 3 aromatic heterocycles. The Labute approximate surface area is 522 Å². The van der Waals surface area contributed by atoms with Crippen molar-refractivity contribution in [1.29, 1.82) is 0 Å². The molecule has 450 valence electrons. The van der Waals surface area contributed by atoms with Crippen molar-refractivity contribution in [3.05, 3.63) is 156 Å². The largest absolute Gasteiger partial charge is 0.366 e. The zero-order valence-electron chi connectivity index (χ0n) is 46.1. The first-order valence-electron chi connectivity index (χ1n) is 26.3. The molecule has 3 heterocycles. The summed E-state index contributed by atoms with van der Waals surface area (Å²) in [4.78, 5) is 82.8. The molecule has 30 heteroatoms. The van der Waals surface area contributed by atoms with E-state index in [1.165, 1.54) is 0 Å². The Morgan fingerprint density at radius 2 is 0.656 bits per heavy atom. The van der Waals surface area contributed by atoms with Gasteiger partial charge in [0.25, 0.3) is 0 Å². The smallest absolute Gasteiger partial charge is 0.248 e. The second kappa shape index (κ2) is 25.6. The molecule has 9 aromatic carbocycles. The highest BCUT2D eigenvalue weighted by molar-refractivity contribution is 7.95. The minimum absolute atomic E-state index is 0.289. The van der Waals surface area contributed by atoms with Crippen LogP contribution in [-0.2, 0) is 37.4 Å². The van der Waals surface area contributed by atoms with E-state index in [0.29, 0.717) is 109 Å². The molecule has 0 unspecified atom stereocenters. The third-order valence-electron chi connectivity index (χ3n) is 14.3. The van der Waals surface area contributed by atoms with Gasteiger partial charge in [-0.2, -0.15) is 5.90 Å². The lowest BCUT2D eigenvalue weighted by Crippen LogP contribution is -2.12. The van der Waals surface area contributed by atoms with E-state index in [0.717, 1.165) is 109 Å². The predicted molar refractivity (Wildman–Crippen MR) is 334 cm³/mol. The van der Waals surface area contributed by atoms with Gasteiger partial charge in [-0.15, -0.1) is 22.3 Å². The van der Waals surface area contributed by atoms with E-state index in [-0.39, 0.29) is 5.56 Å². The number of nitrogens with two attached hydrogens (primary N) is 5. The van der Waals surface area contributed by atoms with E-state index in [1.54, 1.807) is 97.1 Å². The van der Waals surface area contributed by atoms with Crippen LogP contribution in [-0.4, -0.2) is 69.3 Å². The minimum Gasteiger partial charge on any atom is -0.366 e. The van der Waals surface area contributed by atoms with Crippen LogP contribution in [0.2, 0.25) is 0 Å². The summed E-state index contributed by atoms with van der Waals surface area (Å²) in [6, 6.07) is 39.1. The number of hydrogen-bond donors (Lipinski definition) is 8. The summed E-state index contributed by atoms with van der Waals surface area (Å²) in [6.07, 6.45) is 0. The fraction of sp³-hybridized carbons (Fsp3) is 0.0333. The normalized spacial score (nSPS) is 11.7. The van der Waals surface area contributed by atoms with Gasteiger partial charge in [0.15, 0.2) is 0 Å². The molecule has 90 heavy (non-hydrogen) atoms. The van der Waals surface area contributed by atoms with Crippen LogP contribution in [0.1, 0.15) is 55.3 Å². The molecule has 0 aliphatic heterocycles. The summed E-state index contributed by atoms with van der Waals surface area (Å²) < 4.78 is 18.2. The van der Waals surface area contributed by atoms with Gasteiger partial charge in [0.1, 0.15) is 0 Å². The highest BCUT2D eigenvalue weighted by atomic mass is 32.2. The molecular formula is C60H41N11O15S4. The molecule has 3 aliphatic carbocycles. The molecule has 0 spiro atoms. The third kappa shape index (κ3) is 11.4. The first-order valence-corrected chi connectivity index (χ1v) is 29.3. The van der Waals surface area contributed by atoms with E-state index < -0.39 is 23.6 Å². The number of rotatable bonds is 16. The number of nitrogens with zero attached hydrogens (tertiary/aromatic N) is 6. The van der Waals surface area contributed by atoms with Crippen LogP contribution >= 0.6 is 48.2 Å². The van der Waals surface area contributed by atoms with Gasteiger partial charge in [-0.25, -0.2) is 45.7 Å². The molecule has 0 saturated carbocycles. The maximum Gasteiger partial charge on any atom is 0.248 e. The van der Waals surface area contributed by atoms with Crippen LogP contribution < -0.4 is 28.8 Å². The molecule has 12 aromatic rings. The second-order valence-corrected chi connectivity index (χ2v) is 22.4. The van der Waals surface area contributed by atoms with Crippen LogP contribution in [0.25, 0.3) is 133 Å². The highest BCUT2D eigenvalue weighted by Crippen LogP contribution is 2.51. The van der Waals surface area contributed by atoms with Crippen LogP contribution in [0.4, 0.5) is 0 Å². The summed E-state index contributed by atoms with van der Waals surface area (Å²) >= 11 is 3.43. The van der Waals surface area contributed by atoms with Crippen LogP contribution in [0, 0.1) is 0 Å². The number of carbonyl (C=O) groups excluding carboxylic acids is 4. The molecule has 3 aliphatic rings. The van der Waals surface area contributed by atoms with Gasteiger partial charge in [-0.05, 0) is 131 Å². The van der Waals surface area contributed by atoms with E-state index in [1.807, 2.05) is 50.2 Å². The number of amides is 4. The molecule has 0 atom stereocenters. The molecule has 26 nitrogen and oxygen atoms in total. The summed E-state index contributed by atoms with van der Waals surface area (Å²) in [7, 11) is 0. The zero-order chi connectivity index (χ0) is 63.1. The Hall–Kier alpha value is -9.42. The van der Waals surface area contributed by atoms with E-state index in [4.69, 9.17) is 78.8 Å². The average Bonchev–Trinajstić information content (AvgIpc) is 1.60. The summed E-state index contributed by atoms with van der Waals surface area (Å²) in [6.45, 7) is 4.00. The number of benzene rings is 9. The maximum absolute atomic E-state index is 11.9. The Morgan fingerprint density at radius 1 is 0.344 bits per heavy atom. The summed E-state index contributed by atoms with van der Waals surface area (Å²) in [5.41, 5.74) is 36.0. The zero-order valence-corrected chi connectivity index (χ0v) is 49.4. The van der Waals surface area contributed by atoms with Crippen LogP contribution in [0.3, 0.4) is 0 Å². The Morgan fingerprint density at radius 3 is 1.01 bits per heavy atom. The number of aromatic nitrogens is 6. The van der Waals surface area contributed by atoms with Gasteiger partial charge in [-0.3, -0.25) is 19.2 Å². The standard InChI is InChI=1S/C20H12N4O5S.C19H12N4O6S2.C19H11N3O4S.C2H6/c21-19(25)9-3-8-4-10(20(22)26)6-13-16(8)12(5-9)17-18(13)24-15-7-11(30-29-28-27)1-2-14(15)23-17;20-19(24)9-3-8-4-11(31-28-26-21)6-13-16(8)12(5-9)17-18(13)23-15-7-10(30-29-27-25)1-2-14(15)22-17;20-19(23)10-6-9-2-1-3-12-16(9)13(7-10)18-17(12)22-15-8-11(27-26-25-24)4-5-14(15)21-18;1-2/h1-7,27H,(H2,21,25)(H2,22,26);1-7,25H,21H2,(H2,20,24);1-8,24H,(H2,20,23);1-2H3. The van der Waals surface area contributed by atoms with Crippen molar-refractivity contribution >= 4 is 137 Å². The molecule has 15 rings (SSSR count). The highest BCUT2D eigenvalue weighted by Gasteiger charge is 2.31. The predicted octanol–water partition coefficient (Wildman–Crippen LogP) is 11.8. The summed E-state index contributed by atoms with van der Waals surface area (Å²) in [5, 5.41) is 41.0. The van der Waals surface area contributed by atoms with Crippen LogP contribution in [0.15, 0.2) is 153 Å². The van der Waals surface area contributed by atoms with E-state index in [9.17, 15) is 19.2 Å². The second-order valence-electron chi connectivity index (χ2n) is 19.3. The number of hydrogen-bond acceptors (Lipinski definition) is 26. The van der Waals surface area contributed by atoms with Crippen molar-refractivity contribution in [3.8, 4) is 67.5 Å². The van der Waals surface area contributed by atoms with Gasteiger partial charge in [0.2, 0.25) is 23.6 Å². The monoisotopic (exact) mass is 1280 g/mol. The maximum atomic E-state index is 11.9. The van der Waals surface area contributed by atoms with Crippen molar-refractivity contribution in [2.75, 3.05) is 0 Å². The molecular weight excluding hydrogens is 1240 g/mol. The van der Waals surface area contributed by atoms with Crippen molar-refractivity contribution in [1.82, 2.24) is 29.9 Å². The SMILES string of the molecule is CC.NC(=O)c1cc2c3c(cc(C(N)=O)cc3c1)-c1nc3cc(SOOO)ccc3nc1-2.NC(=O)c1cc2c3c(cccc3c1)-c1nc3cc(SOOO)ccc3nc1-2.NOOSc1cc2c3c(cc(C(N)=O)cc3c1)-c1nc3ccc(SOOO)cc3nc1-2. The fourth-order valence-electron chi connectivity index (χ4n) is 10.8. The van der Waals surface area contributed by atoms with Gasteiger partial charge >= 0.3 is 0 Å². The lowest BCUT2D eigenvalue weighted by molar-refractivity contribution is -0.432. The summed E-state index contributed by atoms with van der Waals surface area (Å²) in [5.74, 6) is 2.75. The van der Waals surface area contributed by atoms with Crippen molar-refractivity contribution in [2.24, 2.45) is 28.8 Å². The van der Waals surface area contributed by atoms with Crippen molar-refractivity contribution < 1.29 is 72.4 Å². The van der Waals surface area contributed by atoms with E-state index in [2.05, 4.69) is 33.1 Å². The topological polar surface area (TPSA) is 410 Å². The molecule has 13 N–H and O–H groups in total. The molecule has 4 amide bonds. The molecule has 0 bridgehead atoms. The molecule has 0 radical (unpaired) electrons. The number of carbonyl (C=O) groups is 4. The quantitative estimate of drug-likeness (QED) is 0.0253. The Kier molecular flexibility index (Phi) is 17.3. The van der Waals surface area contributed by atoms with Gasteiger partial charge in [-0.1, -0.05) is 47.2 Å². The van der Waals surface area contributed by atoms with Crippen molar-refractivity contribution in [3.63, 3.8) is 0 Å². The minimum atomic E-state index is -0.596. The van der Waals surface area contributed by atoms with Gasteiger partial charge < -0.3 is 22.9 Å². The third-order valence-corrected chi connectivity index (χ3v) is 16.6. The lowest BCUT2D eigenvalue weighted by atomic mass is 9.98. The average molecular weight is 1280 g/mol. The first-order chi connectivity index (χ1) is 43.7.